The van der Waals surface area contributed by atoms with Gasteiger partial charge < -0.3 is 0 Å². The maximum Gasteiger partial charge on any atom is 0.416 e. The third-order valence-electron chi connectivity index (χ3n) is 5.49. The maximum atomic E-state index is 13.5. The van der Waals surface area contributed by atoms with E-state index >= 15 is 0 Å². The highest BCUT2D eigenvalue weighted by molar-refractivity contribution is 6.11. The molecule has 6 nitrogen and oxygen atoms in total. The molecule has 5 aromatic rings. The monoisotopic (exact) mass is 491 g/mol. The molecule has 0 saturated carbocycles. The third-order valence-corrected chi connectivity index (χ3v) is 5.49. The number of alkyl halides is 3. The third kappa shape index (κ3) is 4.78. The summed E-state index contributed by atoms with van der Waals surface area (Å²) < 4.78 is 54.8. The van der Waals surface area contributed by atoms with Crippen molar-refractivity contribution in [1.29, 1.82) is 0 Å². The normalized spacial score (nSPS) is 11.6. The molecule has 180 valence electrons. The second-order valence-electron chi connectivity index (χ2n) is 8.00. The van der Waals surface area contributed by atoms with Crippen molar-refractivity contribution in [3.8, 4) is 16.9 Å². The summed E-state index contributed by atoms with van der Waals surface area (Å²) in [7, 11) is 0. The molecule has 3 aromatic carbocycles. The minimum Gasteiger partial charge on any atom is -0.287 e. The molecule has 0 amide bonds. The summed E-state index contributed by atoms with van der Waals surface area (Å²) in [6.07, 6.45) is -1.42. The molecule has 0 atom stereocenters. The van der Waals surface area contributed by atoms with Gasteiger partial charge in [-0.2, -0.15) is 18.3 Å². The van der Waals surface area contributed by atoms with Gasteiger partial charge in [0.25, 0.3) is 0 Å². The summed E-state index contributed by atoms with van der Waals surface area (Å²) in [6.45, 7) is 0.131. The first-order valence-electron chi connectivity index (χ1n) is 10.8. The van der Waals surface area contributed by atoms with Gasteiger partial charge in [0, 0.05) is 11.8 Å². The van der Waals surface area contributed by atoms with E-state index in [2.05, 4.69) is 15.4 Å². The van der Waals surface area contributed by atoms with Gasteiger partial charge in [-0.05, 0) is 54.1 Å². The van der Waals surface area contributed by atoms with Crippen LogP contribution >= 0.6 is 0 Å². The summed E-state index contributed by atoms with van der Waals surface area (Å²) in [6, 6.07) is 19.5. The van der Waals surface area contributed by atoms with Crippen molar-refractivity contribution < 1.29 is 22.4 Å². The number of carbonyl (C=O) groups is 1. The smallest absolute Gasteiger partial charge is 0.287 e. The summed E-state index contributed by atoms with van der Waals surface area (Å²) >= 11 is 0. The maximum absolute atomic E-state index is 13.5. The Morgan fingerprint density at radius 3 is 2.22 bits per heavy atom. The fourth-order valence-corrected chi connectivity index (χ4v) is 3.68. The Balaban J connectivity index is 1.45. The van der Waals surface area contributed by atoms with Gasteiger partial charge in [-0.3, -0.25) is 4.79 Å². The molecule has 0 unspecified atom stereocenters. The summed E-state index contributed by atoms with van der Waals surface area (Å²) in [4.78, 5) is 13.4. The van der Waals surface area contributed by atoms with E-state index in [1.165, 1.54) is 47.3 Å². The van der Waals surface area contributed by atoms with Gasteiger partial charge in [-0.15, -0.1) is 5.10 Å². The number of carbonyl (C=O) groups excluding carboxylic acids is 1. The molecule has 5 rings (SSSR count). The van der Waals surface area contributed by atoms with Gasteiger partial charge in [0.05, 0.1) is 29.6 Å². The minimum atomic E-state index is -4.42. The second kappa shape index (κ2) is 9.21. The molecule has 0 aliphatic rings. The van der Waals surface area contributed by atoms with E-state index in [0.717, 1.165) is 17.8 Å². The lowest BCUT2D eigenvalue weighted by molar-refractivity contribution is -0.137. The fraction of sp³-hybridized carbons (Fsp3) is 0.0769. The fourth-order valence-electron chi connectivity index (χ4n) is 3.68. The van der Waals surface area contributed by atoms with Crippen LogP contribution in [0.4, 0.5) is 17.6 Å². The highest BCUT2D eigenvalue weighted by atomic mass is 19.4. The van der Waals surface area contributed by atoms with Gasteiger partial charge in [0.15, 0.2) is 5.69 Å². The Labute approximate surface area is 202 Å². The van der Waals surface area contributed by atoms with Gasteiger partial charge >= 0.3 is 6.18 Å². The van der Waals surface area contributed by atoms with Crippen molar-refractivity contribution in [2.24, 2.45) is 0 Å². The average Bonchev–Trinajstić information content (AvgIpc) is 3.52. The topological polar surface area (TPSA) is 65.6 Å². The number of aromatic nitrogens is 5. The molecule has 0 aliphatic carbocycles. The largest absolute Gasteiger partial charge is 0.416 e. The van der Waals surface area contributed by atoms with E-state index in [9.17, 15) is 22.4 Å². The Morgan fingerprint density at radius 1 is 0.861 bits per heavy atom. The predicted octanol–water partition coefficient (Wildman–Crippen LogP) is 5.57. The van der Waals surface area contributed by atoms with Crippen LogP contribution in [0.1, 0.15) is 27.2 Å². The molecule has 0 radical (unpaired) electrons. The molecule has 36 heavy (non-hydrogen) atoms. The molecule has 10 heteroatoms. The van der Waals surface area contributed by atoms with Crippen LogP contribution in [0.5, 0.6) is 0 Å². The van der Waals surface area contributed by atoms with E-state index in [1.807, 2.05) is 30.3 Å². The average molecular weight is 491 g/mol. The minimum absolute atomic E-state index is 0.0397. The Morgan fingerprint density at radius 2 is 1.56 bits per heavy atom. The molecule has 0 spiro atoms. The predicted molar refractivity (Wildman–Crippen MR) is 123 cm³/mol. The van der Waals surface area contributed by atoms with Crippen molar-refractivity contribution in [3.63, 3.8) is 0 Å². The first-order chi connectivity index (χ1) is 17.3. The van der Waals surface area contributed by atoms with Crippen LogP contribution in [0.15, 0.2) is 91.3 Å². The van der Waals surface area contributed by atoms with Crippen LogP contribution < -0.4 is 0 Å². The van der Waals surface area contributed by atoms with Crippen molar-refractivity contribution in [3.05, 3.63) is 119 Å². The van der Waals surface area contributed by atoms with Crippen molar-refractivity contribution in [2.45, 2.75) is 12.7 Å². The number of ketones is 1. The first kappa shape index (κ1) is 23.2. The van der Waals surface area contributed by atoms with Crippen LogP contribution in [0.3, 0.4) is 0 Å². The van der Waals surface area contributed by atoms with Gasteiger partial charge in [-0.25, -0.2) is 13.8 Å². The Bertz CT molecular complexity index is 1500. The summed E-state index contributed by atoms with van der Waals surface area (Å²) in [5.74, 6) is -0.865. The molecular formula is C26H17F4N5O. The van der Waals surface area contributed by atoms with Crippen LogP contribution in [-0.2, 0) is 12.7 Å². The Kier molecular flexibility index (Phi) is 5.93. The number of hydrogen-bond acceptors (Lipinski definition) is 4. The van der Waals surface area contributed by atoms with Crippen molar-refractivity contribution >= 4 is 5.78 Å². The highest BCUT2D eigenvalue weighted by Crippen LogP contribution is 2.29. The zero-order chi connectivity index (χ0) is 25.3. The molecule has 0 bridgehead atoms. The second-order valence-corrected chi connectivity index (χ2v) is 8.00. The van der Waals surface area contributed by atoms with E-state index in [0.29, 0.717) is 16.8 Å². The zero-order valence-corrected chi connectivity index (χ0v) is 18.5. The van der Waals surface area contributed by atoms with Crippen molar-refractivity contribution in [2.75, 3.05) is 0 Å². The molecule has 0 N–H and O–H groups in total. The molecule has 0 aliphatic heterocycles. The van der Waals surface area contributed by atoms with Gasteiger partial charge in [-0.1, -0.05) is 35.5 Å². The van der Waals surface area contributed by atoms with Gasteiger partial charge in [0.2, 0.25) is 5.78 Å². The van der Waals surface area contributed by atoms with E-state index in [1.54, 1.807) is 10.9 Å². The zero-order valence-electron chi connectivity index (χ0n) is 18.5. The number of nitrogens with zero attached hydrogens (tertiary/aromatic N) is 5. The number of rotatable bonds is 6. The lowest BCUT2D eigenvalue weighted by Crippen LogP contribution is -2.06. The summed E-state index contributed by atoms with van der Waals surface area (Å²) in [5.41, 5.74) is 1.73. The number of benzene rings is 3. The standard InChI is InChI=1S/C26H17F4N5O/c27-20-12-8-18(9-13-20)24-22(15-35(32-24)21-4-2-1-3-5-21)25(36)23-16-34(33-31-23)14-17-6-10-19(11-7-17)26(28,29)30/h1-13,15-16H,14H2. The number of halogens is 4. The molecular weight excluding hydrogens is 474 g/mol. The Hall–Kier alpha value is -4.60. The van der Waals surface area contributed by atoms with Crippen LogP contribution in [0.25, 0.3) is 16.9 Å². The van der Waals surface area contributed by atoms with E-state index in [-0.39, 0.29) is 17.8 Å². The van der Waals surface area contributed by atoms with Gasteiger partial charge in [0.1, 0.15) is 11.5 Å². The summed E-state index contributed by atoms with van der Waals surface area (Å²) in [5, 5.41) is 12.5. The number of hydrogen-bond donors (Lipinski definition) is 0. The number of para-hydroxylation sites is 1. The van der Waals surface area contributed by atoms with Crippen LogP contribution in [0.2, 0.25) is 0 Å². The first-order valence-corrected chi connectivity index (χ1v) is 10.8. The lowest BCUT2D eigenvalue weighted by atomic mass is 10.0. The SMILES string of the molecule is O=C(c1cn(Cc2ccc(C(F)(F)F)cc2)nn1)c1cn(-c2ccccc2)nc1-c1ccc(F)cc1. The molecule has 2 aromatic heterocycles. The van der Waals surface area contributed by atoms with Crippen LogP contribution in [-0.4, -0.2) is 30.6 Å². The molecule has 0 fully saturated rings. The molecule has 2 heterocycles. The van der Waals surface area contributed by atoms with E-state index in [4.69, 9.17) is 0 Å². The molecule has 0 saturated heterocycles. The van der Waals surface area contributed by atoms with E-state index < -0.39 is 23.3 Å². The van der Waals surface area contributed by atoms with Crippen LogP contribution in [0, 0.1) is 5.82 Å². The van der Waals surface area contributed by atoms with Crippen molar-refractivity contribution in [1.82, 2.24) is 24.8 Å². The quantitative estimate of drug-likeness (QED) is 0.230. The highest BCUT2D eigenvalue weighted by Gasteiger charge is 2.30. The lowest BCUT2D eigenvalue weighted by Gasteiger charge is -2.07.